The Bertz CT molecular complexity index is 523. The lowest BCUT2D eigenvalue weighted by molar-refractivity contribution is -0.131. The third-order valence-corrected chi connectivity index (χ3v) is 6.75. The van der Waals surface area contributed by atoms with Gasteiger partial charge in [-0.15, -0.1) is 0 Å². The minimum Gasteiger partial charge on any atom is -0.383 e. The van der Waals surface area contributed by atoms with Gasteiger partial charge >= 0.3 is 0 Å². The summed E-state index contributed by atoms with van der Waals surface area (Å²) in [7, 11) is 3.88. The molecule has 0 radical (unpaired) electrons. The van der Waals surface area contributed by atoms with E-state index >= 15 is 0 Å². The number of nitrogens with zero attached hydrogens (tertiary/aromatic N) is 4. The highest BCUT2D eigenvalue weighted by atomic mass is 16.5. The van der Waals surface area contributed by atoms with Gasteiger partial charge in [0.2, 0.25) is 11.8 Å². The largest absolute Gasteiger partial charge is 0.383 e. The number of likely N-dealkylation sites (tertiary alicyclic amines) is 2. The van der Waals surface area contributed by atoms with Crippen LogP contribution >= 0.6 is 0 Å². The minimum absolute atomic E-state index is 0.0480. The van der Waals surface area contributed by atoms with E-state index in [1.165, 1.54) is 0 Å². The van der Waals surface area contributed by atoms with Crippen LogP contribution in [0, 0.1) is 0 Å². The molecule has 7 nitrogen and oxygen atoms in total. The maximum absolute atomic E-state index is 12.5. The molecule has 0 aliphatic carbocycles. The van der Waals surface area contributed by atoms with Gasteiger partial charge in [0.15, 0.2) is 0 Å². The molecule has 1 atom stereocenters. The Morgan fingerprint density at radius 2 is 1.85 bits per heavy atom. The molecule has 3 heterocycles. The van der Waals surface area contributed by atoms with Crippen LogP contribution in [0.15, 0.2) is 0 Å². The van der Waals surface area contributed by atoms with Crippen LogP contribution in [0.3, 0.4) is 0 Å². The number of carbonyl (C=O) groups excluding carboxylic acids is 2. The molecule has 1 spiro atoms. The van der Waals surface area contributed by atoms with Gasteiger partial charge in [0, 0.05) is 77.8 Å². The van der Waals surface area contributed by atoms with E-state index in [9.17, 15) is 9.59 Å². The Morgan fingerprint density at radius 1 is 1.07 bits per heavy atom. The number of likely N-dealkylation sites (N-methyl/N-ethyl adjacent to an activating group) is 1. The molecule has 0 unspecified atom stereocenters. The van der Waals surface area contributed by atoms with Gasteiger partial charge in [-0.2, -0.15) is 0 Å². The summed E-state index contributed by atoms with van der Waals surface area (Å²) in [6.07, 6.45) is 5.43. The van der Waals surface area contributed by atoms with E-state index in [0.717, 1.165) is 71.5 Å². The first-order chi connectivity index (χ1) is 13.0. The summed E-state index contributed by atoms with van der Waals surface area (Å²) < 4.78 is 5.16. The molecule has 7 heteroatoms. The van der Waals surface area contributed by atoms with E-state index in [1.807, 2.05) is 9.80 Å². The highest BCUT2D eigenvalue weighted by molar-refractivity contribution is 5.77. The van der Waals surface area contributed by atoms with E-state index in [0.29, 0.717) is 31.9 Å². The van der Waals surface area contributed by atoms with Crippen LogP contribution in [0.1, 0.15) is 38.5 Å². The van der Waals surface area contributed by atoms with Gasteiger partial charge in [0.05, 0.1) is 6.61 Å². The highest BCUT2D eigenvalue weighted by Crippen LogP contribution is 2.32. The molecule has 0 aromatic carbocycles. The topological polar surface area (TPSA) is 56.3 Å². The second-order valence-electron chi connectivity index (χ2n) is 8.38. The van der Waals surface area contributed by atoms with Gasteiger partial charge in [0.25, 0.3) is 0 Å². The van der Waals surface area contributed by atoms with Crippen molar-refractivity contribution in [3.8, 4) is 0 Å². The van der Waals surface area contributed by atoms with Crippen LogP contribution in [0.4, 0.5) is 0 Å². The maximum atomic E-state index is 12.5. The third-order valence-electron chi connectivity index (χ3n) is 6.75. The van der Waals surface area contributed by atoms with Gasteiger partial charge in [0.1, 0.15) is 0 Å². The summed E-state index contributed by atoms with van der Waals surface area (Å²) in [4.78, 5) is 33.8. The lowest BCUT2D eigenvalue weighted by Gasteiger charge is -2.49. The van der Waals surface area contributed by atoms with Crippen LogP contribution in [-0.4, -0.2) is 110 Å². The maximum Gasteiger partial charge on any atom is 0.223 e. The zero-order valence-electron chi connectivity index (χ0n) is 17.1. The van der Waals surface area contributed by atoms with Crippen molar-refractivity contribution in [2.75, 3.05) is 73.1 Å². The predicted octanol–water partition coefficient (Wildman–Crippen LogP) is 0.644. The average molecular weight is 381 g/mol. The summed E-state index contributed by atoms with van der Waals surface area (Å²) >= 11 is 0. The fourth-order valence-electron chi connectivity index (χ4n) is 4.78. The van der Waals surface area contributed by atoms with Gasteiger partial charge in [-0.05, 0) is 32.7 Å². The quantitative estimate of drug-likeness (QED) is 0.677. The summed E-state index contributed by atoms with van der Waals surface area (Å²) in [6.45, 7) is 7.76. The van der Waals surface area contributed by atoms with E-state index in [2.05, 4.69) is 16.8 Å². The van der Waals surface area contributed by atoms with E-state index in [4.69, 9.17) is 4.74 Å². The van der Waals surface area contributed by atoms with E-state index < -0.39 is 0 Å². The van der Waals surface area contributed by atoms with Crippen molar-refractivity contribution >= 4 is 11.8 Å². The smallest absolute Gasteiger partial charge is 0.223 e. The van der Waals surface area contributed by atoms with Gasteiger partial charge in [-0.1, -0.05) is 0 Å². The van der Waals surface area contributed by atoms with Crippen molar-refractivity contribution in [3.05, 3.63) is 0 Å². The molecule has 0 bridgehead atoms. The molecule has 0 aromatic heterocycles. The summed E-state index contributed by atoms with van der Waals surface area (Å²) in [5, 5.41) is 0. The number of ether oxygens (including phenoxy) is 1. The number of piperazine rings is 1. The van der Waals surface area contributed by atoms with Gasteiger partial charge in [-0.3, -0.25) is 19.4 Å². The Balaban J connectivity index is 1.55. The number of hydrogen-bond donors (Lipinski definition) is 0. The van der Waals surface area contributed by atoms with Crippen LogP contribution < -0.4 is 0 Å². The molecule has 3 aliphatic rings. The van der Waals surface area contributed by atoms with E-state index in [1.54, 1.807) is 7.11 Å². The van der Waals surface area contributed by atoms with Crippen LogP contribution in [-0.2, 0) is 14.3 Å². The van der Waals surface area contributed by atoms with Crippen molar-refractivity contribution in [3.63, 3.8) is 0 Å². The first-order valence-corrected chi connectivity index (χ1v) is 10.5. The number of hydrogen-bond acceptors (Lipinski definition) is 5. The lowest BCUT2D eigenvalue weighted by Crippen LogP contribution is -2.61. The Labute approximate surface area is 163 Å². The molecule has 3 aliphatic heterocycles. The molecule has 27 heavy (non-hydrogen) atoms. The molecule has 3 fully saturated rings. The molecule has 0 aromatic rings. The molecule has 154 valence electrons. The second-order valence-corrected chi connectivity index (χ2v) is 8.38. The van der Waals surface area contributed by atoms with E-state index in [-0.39, 0.29) is 11.4 Å². The summed E-state index contributed by atoms with van der Waals surface area (Å²) in [5.74, 6) is 0.556. The minimum atomic E-state index is 0.0480. The molecule has 0 saturated carbocycles. The Morgan fingerprint density at radius 3 is 2.59 bits per heavy atom. The Hall–Kier alpha value is -1.18. The molecule has 2 amide bonds. The summed E-state index contributed by atoms with van der Waals surface area (Å²) in [6, 6.07) is 0. The molecule has 0 N–H and O–H groups in total. The molecule has 3 saturated heterocycles. The molecule has 3 rings (SSSR count). The van der Waals surface area contributed by atoms with Crippen LogP contribution in [0.5, 0.6) is 0 Å². The van der Waals surface area contributed by atoms with Crippen molar-refractivity contribution < 1.29 is 14.3 Å². The van der Waals surface area contributed by atoms with Crippen molar-refractivity contribution in [1.82, 2.24) is 19.6 Å². The first kappa shape index (κ1) is 20.6. The fourth-order valence-corrected chi connectivity index (χ4v) is 4.78. The average Bonchev–Trinajstić information content (AvgIpc) is 3.16. The SMILES string of the molecule is COCCN1CC[C@]2(CCC1=O)CN(CCC(=O)N1CCCC1)CCN2C. The fraction of sp³-hybridized carbons (Fsp3) is 0.900. The highest BCUT2D eigenvalue weighted by Gasteiger charge is 2.42. The van der Waals surface area contributed by atoms with Gasteiger partial charge in [-0.25, -0.2) is 0 Å². The molecular weight excluding hydrogens is 344 g/mol. The monoisotopic (exact) mass is 380 g/mol. The summed E-state index contributed by atoms with van der Waals surface area (Å²) in [5.41, 5.74) is 0.0480. The zero-order valence-corrected chi connectivity index (χ0v) is 17.1. The van der Waals surface area contributed by atoms with Crippen molar-refractivity contribution in [2.24, 2.45) is 0 Å². The standard InChI is InChI=1S/C20H36N4O3/c1-21-13-14-22(11-6-19(26)23-9-3-4-10-23)17-20(21)7-5-18(25)24(12-8-20)15-16-27-2/h3-17H2,1-2H3/t20-/m1/s1. The number of methoxy groups -OCH3 is 1. The lowest BCUT2D eigenvalue weighted by atomic mass is 9.86. The second kappa shape index (κ2) is 9.34. The first-order valence-electron chi connectivity index (χ1n) is 10.5. The van der Waals surface area contributed by atoms with Crippen LogP contribution in [0.25, 0.3) is 0 Å². The number of rotatable bonds is 6. The number of carbonyl (C=O) groups is 2. The van der Waals surface area contributed by atoms with Crippen LogP contribution in [0.2, 0.25) is 0 Å². The van der Waals surface area contributed by atoms with Gasteiger partial charge < -0.3 is 14.5 Å². The van der Waals surface area contributed by atoms with Crippen molar-refractivity contribution in [2.45, 2.75) is 44.1 Å². The van der Waals surface area contributed by atoms with Crippen molar-refractivity contribution in [1.29, 1.82) is 0 Å². The molecular formula is C20H36N4O3. The predicted molar refractivity (Wildman–Crippen MR) is 105 cm³/mol. The zero-order chi connectivity index (χ0) is 19.3. The number of amides is 2. The Kier molecular flexibility index (Phi) is 7.11. The normalized spacial score (nSPS) is 28.1. The third kappa shape index (κ3) is 5.00.